The first-order valence-electron chi connectivity index (χ1n) is 10.4. The van der Waals surface area contributed by atoms with Crippen LogP contribution in [0.4, 0.5) is 4.39 Å². The van der Waals surface area contributed by atoms with Crippen LogP contribution in [0, 0.1) is 18.3 Å². The molecule has 0 saturated carbocycles. The minimum atomic E-state index is -3.57. The average molecular weight is 478 g/mol. The number of carbonyl (C=O) groups is 1. The maximum atomic E-state index is 14.9. The Bertz CT molecular complexity index is 1120. The van der Waals surface area contributed by atoms with Gasteiger partial charge in [-0.2, -0.15) is 0 Å². The predicted octanol–water partition coefficient (Wildman–Crippen LogP) is 1.38. The van der Waals surface area contributed by atoms with E-state index in [1.54, 1.807) is 20.8 Å². The van der Waals surface area contributed by atoms with E-state index in [-0.39, 0.29) is 43.5 Å². The molecule has 1 unspecified atom stereocenters. The Morgan fingerprint density at radius 2 is 2.09 bits per heavy atom. The first kappa shape index (κ1) is 24.8. The molecule has 1 aliphatic carbocycles. The SMILES string of the molecule is C#CCOc1cnc(C(=O)NC2=CC=C(F)C([C@]3(C)CN(C)S(=O)(=O)C(C)(C)CN3)C2)cn1. The van der Waals surface area contributed by atoms with E-state index in [0.29, 0.717) is 5.70 Å². The highest BCUT2D eigenvalue weighted by atomic mass is 32.2. The monoisotopic (exact) mass is 477 g/mol. The molecule has 0 bridgehead atoms. The second-order valence-corrected chi connectivity index (χ2v) is 11.7. The molecule has 0 radical (unpaired) electrons. The number of aromatic nitrogens is 2. The molecule has 1 aromatic heterocycles. The van der Waals surface area contributed by atoms with Gasteiger partial charge in [0.05, 0.1) is 17.1 Å². The number of hydrogen-bond acceptors (Lipinski definition) is 7. The highest BCUT2D eigenvalue weighted by molar-refractivity contribution is 7.90. The van der Waals surface area contributed by atoms with E-state index in [1.807, 2.05) is 0 Å². The van der Waals surface area contributed by atoms with Gasteiger partial charge in [-0.15, -0.1) is 6.42 Å². The van der Waals surface area contributed by atoms with E-state index in [0.717, 1.165) is 0 Å². The van der Waals surface area contributed by atoms with Crippen LogP contribution >= 0.6 is 0 Å². The molecular formula is C22H28FN5O4S. The zero-order valence-corrected chi connectivity index (χ0v) is 19.9. The summed E-state index contributed by atoms with van der Waals surface area (Å²) in [6, 6.07) is 0. The van der Waals surface area contributed by atoms with Crippen LogP contribution in [0.1, 0.15) is 37.7 Å². The number of amides is 1. The van der Waals surface area contributed by atoms with Gasteiger partial charge in [-0.25, -0.2) is 27.1 Å². The number of terminal acetylenes is 1. The molecule has 0 spiro atoms. The van der Waals surface area contributed by atoms with Gasteiger partial charge >= 0.3 is 0 Å². The third kappa shape index (κ3) is 5.08. The van der Waals surface area contributed by atoms with Crippen LogP contribution in [-0.2, 0) is 10.0 Å². The second-order valence-electron chi connectivity index (χ2n) is 8.98. The summed E-state index contributed by atoms with van der Waals surface area (Å²) in [6.45, 7) is 5.35. The van der Waals surface area contributed by atoms with Crippen molar-refractivity contribution in [3.63, 3.8) is 0 Å². The minimum absolute atomic E-state index is 0.0346. The maximum Gasteiger partial charge on any atom is 0.275 e. The highest BCUT2D eigenvalue weighted by Crippen LogP contribution is 2.37. The summed E-state index contributed by atoms with van der Waals surface area (Å²) in [5.41, 5.74) is -0.351. The quantitative estimate of drug-likeness (QED) is 0.616. The number of halogens is 1. The van der Waals surface area contributed by atoms with Gasteiger partial charge in [0, 0.05) is 37.3 Å². The fraction of sp³-hybridized carbons (Fsp3) is 0.500. The van der Waals surface area contributed by atoms with Crippen molar-refractivity contribution in [2.45, 2.75) is 37.5 Å². The smallest absolute Gasteiger partial charge is 0.275 e. The molecule has 33 heavy (non-hydrogen) atoms. The van der Waals surface area contributed by atoms with E-state index >= 15 is 0 Å². The van der Waals surface area contributed by atoms with Gasteiger partial charge in [0.1, 0.15) is 11.5 Å². The van der Waals surface area contributed by atoms with Crippen LogP contribution in [0.15, 0.2) is 36.1 Å². The van der Waals surface area contributed by atoms with Crippen LogP contribution in [0.25, 0.3) is 0 Å². The number of allylic oxidation sites excluding steroid dienone is 3. The molecule has 1 amide bonds. The summed E-state index contributed by atoms with van der Waals surface area (Å²) < 4.78 is 46.0. The van der Waals surface area contributed by atoms with Crippen molar-refractivity contribution in [2.24, 2.45) is 5.92 Å². The number of ether oxygens (including phenoxy) is 1. The summed E-state index contributed by atoms with van der Waals surface area (Å²) in [7, 11) is -2.07. The molecule has 1 fully saturated rings. The molecule has 1 aliphatic heterocycles. The van der Waals surface area contributed by atoms with Gasteiger partial charge in [0.2, 0.25) is 15.9 Å². The molecule has 3 rings (SSSR count). The largest absolute Gasteiger partial charge is 0.463 e. The molecular weight excluding hydrogens is 449 g/mol. The van der Waals surface area contributed by atoms with E-state index in [1.165, 1.54) is 35.9 Å². The van der Waals surface area contributed by atoms with Gasteiger partial charge in [0.15, 0.2) is 6.61 Å². The van der Waals surface area contributed by atoms with Crippen molar-refractivity contribution in [3.05, 3.63) is 41.8 Å². The lowest BCUT2D eigenvalue weighted by Gasteiger charge is -2.39. The molecule has 2 atom stereocenters. The zero-order chi connectivity index (χ0) is 24.4. The van der Waals surface area contributed by atoms with E-state index in [9.17, 15) is 17.6 Å². The molecule has 1 aromatic rings. The lowest BCUT2D eigenvalue weighted by Crippen LogP contribution is -2.55. The molecule has 2 N–H and O–H groups in total. The van der Waals surface area contributed by atoms with Crippen molar-refractivity contribution >= 4 is 15.9 Å². The van der Waals surface area contributed by atoms with Gasteiger partial charge in [-0.3, -0.25) is 4.79 Å². The molecule has 2 aliphatic rings. The first-order valence-corrected chi connectivity index (χ1v) is 11.8. The Morgan fingerprint density at radius 3 is 2.73 bits per heavy atom. The van der Waals surface area contributed by atoms with Gasteiger partial charge in [-0.05, 0) is 39.3 Å². The molecule has 11 heteroatoms. The van der Waals surface area contributed by atoms with E-state index in [4.69, 9.17) is 11.2 Å². The van der Waals surface area contributed by atoms with E-state index < -0.39 is 32.1 Å². The minimum Gasteiger partial charge on any atom is -0.463 e. The number of likely N-dealkylation sites (N-methyl/N-ethyl adjacent to an activating group) is 1. The molecule has 178 valence electrons. The molecule has 9 nitrogen and oxygen atoms in total. The Hall–Kier alpha value is -2.81. The molecule has 2 heterocycles. The summed E-state index contributed by atoms with van der Waals surface area (Å²) in [6.07, 6.45) is 10.6. The van der Waals surface area contributed by atoms with Gasteiger partial charge < -0.3 is 15.4 Å². The van der Waals surface area contributed by atoms with Crippen molar-refractivity contribution in [1.29, 1.82) is 0 Å². The fourth-order valence-electron chi connectivity index (χ4n) is 3.90. The Balaban J connectivity index is 1.74. The van der Waals surface area contributed by atoms with E-state index in [2.05, 4.69) is 26.5 Å². The van der Waals surface area contributed by atoms with Crippen LogP contribution in [0.5, 0.6) is 5.88 Å². The lowest BCUT2D eigenvalue weighted by molar-refractivity contribution is 0.0955. The van der Waals surface area contributed by atoms with Gasteiger partial charge in [0.25, 0.3) is 5.91 Å². The number of rotatable bonds is 5. The zero-order valence-electron chi connectivity index (χ0n) is 19.1. The van der Waals surface area contributed by atoms with Gasteiger partial charge in [-0.1, -0.05) is 5.92 Å². The van der Waals surface area contributed by atoms with Crippen molar-refractivity contribution in [1.82, 2.24) is 24.9 Å². The van der Waals surface area contributed by atoms with Crippen LogP contribution in [0.2, 0.25) is 0 Å². The summed E-state index contributed by atoms with van der Waals surface area (Å²) in [4.78, 5) is 20.6. The Morgan fingerprint density at radius 1 is 1.36 bits per heavy atom. The third-order valence-corrected chi connectivity index (χ3v) is 8.48. The normalized spacial score (nSPS) is 26.8. The lowest BCUT2D eigenvalue weighted by atomic mass is 9.78. The second kappa shape index (κ2) is 9.21. The summed E-state index contributed by atoms with van der Waals surface area (Å²) in [5.74, 6) is 0.923. The van der Waals surface area contributed by atoms with Crippen LogP contribution in [0.3, 0.4) is 0 Å². The molecule has 1 saturated heterocycles. The standard InChI is InChI=1S/C22H28FN5O4S/c1-6-9-32-19-12-24-18(11-25-19)20(29)27-15-7-8-17(23)16(10-15)22(4)14-28(5)33(30,31)21(2,3)13-26-22/h1,7-8,11-12,16,26H,9-10,13-14H2,2-5H3,(H,27,29)/t16?,22-/m0/s1. The predicted molar refractivity (Wildman–Crippen MR) is 121 cm³/mol. The number of carbonyl (C=O) groups excluding carboxylic acids is 1. The number of nitrogens with zero attached hydrogens (tertiary/aromatic N) is 3. The maximum absolute atomic E-state index is 14.9. The summed E-state index contributed by atoms with van der Waals surface area (Å²) in [5, 5.41) is 6.01. The third-order valence-electron chi connectivity index (χ3n) is 5.99. The van der Waals surface area contributed by atoms with Crippen LogP contribution < -0.4 is 15.4 Å². The molecule has 0 aromatic carbocycles. The van der Waals surface area contributed by atoms with Crippen LogP contribution in [-0.4, -0.2) is 65.6 Å². The highest BCUT2D eigenvalue weighted by Gasteiger charge is 2.49. The average Bonchev–Trinajstić information content (AvgIpc) is 2.83. The number of sulfonamides is 1. The number of hydrogen-bond donors (Lipinski definition) is 2. The first-order chi connectivity index (χ1) is 15.4. The topological polar surface area (TPSA) is 114 Å². The number of nitrogens with one attached hydrogen (secondary N) is 2. The Kier molecular flexibility index (Phi) is 6.93. The fourth-order valence-corrected chi connectivity index (χ4v) is 5.44. The Labute approximate surface area is 193 Å². The van der Waals surface area contributed by atoms with Crippen molar-refractivity contribution in [2.75, 3.05) is 26.7 Å². The van der Waals surface area contributed by atoms with Crippen molar-refractivity contribution in [3.8, 4) is 18.2 Å². The summed E-state index contributed by atoms with van der Waals surface area (Å²) >= 11 is 0. The van der Waals surface area contributed by atoms with Crippen molar-refractivity contribution < 1.29 is 22.3 Å².